The first-order chi connectivity index (χ1) is 18.2. The Hall–Kier alpha value is -4.39. The number of carboxylic acids is 1. The van der Waals surface area contributed by atoms with Gasteiger partial charge in [-0.25, -0.2) is 10.8 Å². The molecule has 6 N–H and O–H groups in total. The zero-order valence-corrected chi connectivity index (χ0v) is 21.7. The van der Waals surface area contributed by atoms with E-state index in [2.05, 4.69) is 25.7 Å². The number of aromatic nitrogens is 5. The summed E-state index contributed by atoms with van der Waals surface area (Å²) in [4.78, 5) is 17.4. The molecule has 4 rings (SSSR count). The van der Waals surface area contributed by atoms with Crippen LogP contribution in [0.1, 0.15) is 37.1 Å². The first kappa shape index (κ1) is 26.7. The quantitative estimate of drug-likeness (QED) is 0.224. The molecule has 2 aromatic heterocycles. The van der Waals surface area contributed by atoms with Crippen LogP contribution in [0.5, 0.6) is 11.5 Å². The maximum atomic E-state index is 11.4. The molecule has 0 saturated heterocycles. The summed E-state index contributed by atoms with van der Waals surface area (Å²) >= 11 is 0. The van der Waals surface area contributed by atoms with E-state index in [1.807, 2.05) is 31.2 Å². The van der Waals surface area contributed by atoms with E-state index >= 15 is 0 Å². The van der Waals surface area contributed by atoms with Gasteiger partial charge in [-0.2, -0.15) is 0 Å². The minimum absolute atomic E-state index is 0.155. The van der Waals surface area contributed by atoms with E-state index in [1.54, 1.807) is 26.3 Å². The Labute approximate surface area is 220 Å². The number of tetrazole rings is 1. The van der Waals surface area contributed by atoms with Gasteiger partial charge in [0.1, 0.15) is 11.5 Å². The number of aryl methyl sites for hydroxylation is 1. The van der Waals surface area contributed by atoms with Gasteiger partial charge in [-0.1, -0.05) is 5.10 Å². The van der Waals surface area contributed by atoms with Crippen LogP contribution in [0.3, 0.4) is 0 Å². The summed E-state index contributed by atoms with van der Waals surface area (Å²) in [7, 11) is 3.28. The van der Waals surface area contributed by atoms with Crippen molar-refractivity contribution in [2.45, 2.75) is 38.7 Å². The lowest BCUT2D eigenvalue weighted by Gasteiger charge is -2.27. The predicted molar refractivity (Wildman–Crippen MR) is 140 cm³/mol. The zero-order chi connectivity index (χ0) is 27.2. The average molecular weight is 524 g/mol. The SMILES string of the molecule is COc1ccc(-n2nnc(NC/C(=C(/N)c3ccc(OC4CCCC(C(=O)O)C4)c(C)n3)N(C)N)n2)cc1. The average Bonchev–Trinajstić information content (AvgIpc) is 3.39. The lowest BCUT2D eigenvalue weighted by Crippen LogP contribution is -2.32. The number of nitrogens with one attached hydrogen (secondary N) is 1. The minimum Gasteiger partial charge on any atom is -0.497 e. The van der Waals surface area contributed by atoms with Crippen molar-refractivity contribution >= 4 is 17.6 Å². The van der Waals surface area contributed by atoms with Gasteiger partial charge in [0.05, 0.1) is 54.1 Å². The number of aliphatic carboxylic acids is 1. The van der Waals surface area contributed by atoms with Gasteiger partial charge in [-0.3, -0.25) is 4.79 Å². The molecular weight excluding hydrogens is 490 g/mol. The molecule has 202 valence electrons. The Bertz CT molecular complexity index is 1290. The number of benzene rings is 1. The van der Waals surface area contributed by atoms with Gasteiger partial charge >= 0.3 is 5.97 Å². The molecule has 0 amide bonds. The van der Waals surface area contributed by atoms with Crippen molar-refractivity contribution in [3.63, 3.8) is 0 Å². The molecule has 1 aliphatic carbocycles. The summed E-state index contributed by atoms with van der Waals surface area (Å²) in [6, 6.07) is 10.8. The van der Waals surface area contributed by atoms with Crippen LogP contribution in [0, 0.1) is 12.8 Å². The Morgan fingerprint density at radius 1 is 1.24 bits per heavy atom. The van der Waals surface area contributed by atoms with Crippen molar-refractivity contribution in [1.29, 1.82) is 0 Å². The lowest BCUT2D eigenvalue weighted by molar-refractivity contribution is -0.143. The zero-order valence-electron chi connectivity index (χ0n) is 21.7. The first-order valence-electron chi connectivity index (χ1n) is 12.3. The Morgan fingerprint density at radius 2 is 2.00 bits per heavy atom. The first-order valence-corrected chi connectivity index (χ1v) is 12.3. The van der Waals surface area contributed by atoms with Crippen LogP contribution < -0.4 is 26.4 Å². The molecular formula is C25H33N9O4. The summed E-state index contributed by atoms with van der Waals surface area (Å²) in [6.45, 7) is 2.06. The largest absolute Gasteiger partial charge is 0.497 e. The third-order valence-electron chi connectivity index (χ3n) is 6.45. The van der Waals surface area contributed by atoms with E-state index < -0.39 is 5.97 Å². The van der Waals surface area contributed by atoms with Gasteiger partial charge in [-0.05, 0) is 74.2 Å². The fourth-order valence-electron chi connectivity index (χ4n) is 4.31. The van der Waals surface area contributed by atoms with Crippen LogP contribution in [-0.2, 0) is 4.79 Å². The summed E-state index contributed by atoms with van der Waals surface area (Å²) in [5.74, 6) is 6.57. The van der Waals surface area contributed by atoms with Crippen LogP contribution in [0.25, 0.3) is 11.4 Å². The molecule has 1 aromatic carbocycles. The molecule has 0 aliphatic heterocycles. The number of hydrazine groups is 1. The fraction of sp³-hybridized carbons (Fsp3) is 0.400. The third kappa shape index (κ3) is 6.29. The molecule has 0 spiro atoms. The second kappa shape index (κ2) is 11.8. The van der Waals surface area contributed by atoms with Crippen LogP contribution in [0.4, 0.5) is 5.95 Å². The number of hydrogen-bond acceptors (Lipinski definition) is 11. The van der Waals surface area contributed by atoms with Crippen molar-refractivity contribution < 1.29 is 19.4 Å². The van der Waals surface area contributed by atoms with Crippen molar-refractivity contribution in [1.82, 2.24) is 30.2 Å². The van der Waals surface area contributed by atoms with E-state index in [1.165, 1.54) is 9.81 Å². The van der Waals surface area contributed by atoms with Crippen molar-refractivity contribution in [2.75, 3.05) is 26.0 Å². The summed E-state index contributed by atoms with van der Waals surface area (Å²) < 4.78 is 11.3. The molecule has 1 aliphatic rings. The number of methoxy groups -OCH3 is 1. The molecule has 2 heterocycles. The topological polar surface area (TPSA) is 180 Å². The van der Waals surface area contributed by atoms with Crippen molar-refractivity contribution in [3.8, 4) is 17.2 Å². The van der Waals surface area contributed by atoms with Gasteiger partial charge in [0, 0.05) is 7.05 Å². The second-order valence-electron chi connectivity index (χ2n) is 9.15. The highest BCUT2D eigenvalue weighted by Gasteiger charge is 2.28. The van der Waals surface area contributed by atoms with Crippen LogP contribution in [0.2, 0.25) is 0 Å². The minimum atomic E-state index is -0.771. The van der Waals surface area contributed by atoms with Gasteiger partial charge < -0.3 is 30.6 Å². The summed E-state index contributed by atoms with van der Waals surface area (Å²) in [5, 5.41) is 26.3. The third-order valence-corrected chi connectivity index (χ3v) is 6.45. The van der Waals surface area contributed by atoms with Gasteiger partial charge in [0.25, 0.3) is 5.95 Å². The van der Waals surface area contributed by atoms with Gasteiger partial charge in [0.2, 0.25) is 0 Å². The van der Waals surface area contributed by atoms with Crippen molar-refractivity contribution in [3.05, 3.63) is 53.5 Å². The van der Waals surface area contributed by atoms with E-state index in [0.717, 1.165) is 24.3 Å². The van der Waals surface area contributed by atoms with E-state index in [4.69, 9.17) is 21.1 Å². The molecule has 2 atom stereocenters. The second-order valence-corrected chi connectivity index (χ2v) is 9.15. The smallest absolute Gasteiger partial charge is 0.306 e. The number of nitrogens with zero attached hydrogens (tertiary/aromatic N) is 6. The number of anilines is 1. The Kier molecular flexibility index (Phi) is 8.26. The molecule has 1 fully saturated rings. The number of carboxylic acid groups (broad SMARTS) is 1. The standard InChI is InChI=1S/C25H33N9O4/c1-15-22(38-19-6-4-5-16(13-19)24(35)36)12-11-20(29-15)23(26)21(33(2)27)14-28-25-30-32-34(31-25)17-7-9-18(37-3)10-8-17/h7-12,16,19H,4-6,13-14,26-27H2,1-3H3,(H,28,31)(H,35,36)/b23-21-. The number of nitrogens with two attached hydrogens (primary N) is 2. The highest BCUT2D eigenvalue weighted by atomic mass is 16.5. The Morgan fingerprint density at radius 3 is 2.66 bits per heavy atom. The van der Waals surface area contributed by atoms with E-state index in [0.29, 0.717) is 47.3 Å². The monoisotopic (exact) mass is 523 g/mol. The molecule has 1 saturated carbocycles. The van der Waals surface area contributed by atoms with Crippen LogP contribution in [0.15, 0.2) is 42.1 Å². The number of rotatable bonds is 10. The van der Waals surface area contributed by atoms with E-state index in [9.17, 15) is 9.90 Å². The Balaban J connectivity index is 1.44. The predicted octanol–water partition coefficient (Wildman–Crippen LogP) is 1.94. The normalized spacial score (nSPS) is 17.9. The van der Waals surface area contributed by atoms with Gasteiger partial charge in [-0.15, -0.1) is 9.90 Å². The number of carbonyl (C=O) groups is 1. The molecule has 13 heteroatoms. The van der Waals surface area contributed by atoms with Crippen LogP contribution in [-0.4, -0.2) is 68.1 Å². The molecule has 38 heavy (non-hydrogen) atoms. The summed E-state index contributed by atoms with van der Waals surface area (Å²) in [5.41, 5.74) is 9.32. The highest BCUT2D eigenvalue weighted by Crippen LogP contribution is 2.29. The molecule has 0 radical (unpaired) electrons. The van der Waals surface area contributed by atoms with Crippen molar-refractivity contribution in [2.24, 2.45) is 17.5 Å². The number of hydrogen-bond donors (Lipinski definition) is 4. The van der Waals surface area contributed by atoms with Gasteiger partial charge in [0.15, 0.2) is 0 Å². The van der Waals surface area contributed by atoms with Crippen LogP contribution >= 0.6 is 0 Å². The highest BCUT2D eigenvalue weighted by molar-refractivity contribution is 5.70. The maximum absolute atomic E-state index is 11.4. The van der Waals surface area contributed by atoms with E-state index in [-0.39, 0.29) is 18.6 Å². The lowest BCUT2D eigenvalue weighted by atomic mass is 9.87. The molecule has 0 bridgehead atoms. The molecule has 13 nitrogen and oxygen atoms in total. The fourth-order valence-corrected chi connectivity index (χ4v) is 4.31. The summed E-state index contributed by atoms with van der Waals surface area (Å²) in [6.07, 6.45) is 2.66. The number of pyridine rings is 1. The molecule has 3 aromatic rings. The maximum Gasteiger partial charge on any atom is 0.306 e. The number of likely N-dealkylation sites (N-methyl/N-ethyl adjacent to an activating group) is 1. The number of ether oxygens (including phenoxy) is 2. The molecule has 2 unspecified atom stereocenters.